The van der Waals surface area contributed by atoms with Crippen LogP contribution in [0.25, 0.3) is 0 Å². The Balaban J connectivity index is 2.27. The third kappa shape index (κ3) is 4.73. The number of hydrogen-bond donors (Lipinski definition) is 2. The van der Waals surface area contributed by atoms with Gasteiger partial charge in [0.2, 0.25) is 11.8 Å². The number of aliphatic hydroxyl groups is 1. The fourth-order valence-electron chi connectivity index (χ4n) is 1.83. The molecule has 1 fully saturated rings. The molecular weight excluding hydrogens is 220 g/mol. The van der Waals surface area contributed by atoms with Crippen molar-refractivity contribution in [2.24, 2.45) is 5.41 Å². The van der Waals surface area contributed by atoms with Crippen molar-refractivity contribution in [1.29, 1.82) is 0 Å². The molecule has 2 N–H and O–H groups in total. The summed E-state index contributed by atoms with van der Waals surface area (Å²) in [6, 6.07) is 0. The van der Waals surface area contributed by atoms with Crippen LogP contribution in [-0.4, -0.2) is 48.1 Å². The number of nitrogens with zero attached hydrogens (tertiary/aromatic N) is 1. The molecule has 98 valence electrons. The minimum atomic E-state index is -0.119. The molecule has 0 aliphatic carbocycles. The van der Waals surface area contributed by atoms with Crippen LogP contribution < -0.4 is 5.32 Å². The molecule has 1 saturated heterocycles. The molecule has 1 aliphatic heterocycles. The average Bonchev–Trinajstić information content (AvgIpc) is 2.62. The molecule has 17 heavy (non-hydrogen) atoms. The van der Waals surface area contributed by atoms with Crippen molar-refractivity contribution in [2.75, 3.05) is 26.2 Å². The van der Waals surface area contributed by atoms with E-state index in [0.717, 1.165) is 6.42 Å². The van der Waals surface area contributed by atoms with E-state index < -0.39 is 0 Å². The van der Waals surface area contributed by atoms with Crippen LogP contribution in [0.4, 0.5) is 0 Å². The Morgan fingerprint density at radius 2 is 2.24 bits per heavy atom. The molecule has 2 amide bonds. The zero-order valence-corrected chi connectivity index (χ0v) is 10.7. The van der Waals surface area contributed by atoms with Gasteiger partial charge >= 0.3 is 0 Å². The van der Waals surface area contributed by atoms with Crippen LogP contribution in [-0.2, 0) is 9.59 Å². The van der Waals surface area contributed by atoms with Crippen molar-refractivity contribution in [2.45, 2.75) is 33.1 Å². The number of hydrogen-bond acceptors (Lipinski definition) is 3. The van der Waals surface area contributed by atoms with E-state index in [-0.39, 0.29) is 30.4 Å². The largest absolute Gasteiger partial charge is 0.396 e. The summed E-state index contributed by atoms with van der Waals surface area (Å²) in [6.07, 6.45) is 2.06. The second-order valence-corrected chi connectivity index (χ2v) is 5.33. The SMILES string of the molecule is CC(C)(CCO)CNC(=O)CN1CCCC1=O. The van der Waals surface area contributed by atoms with Gasteiger partial charge in [-0.3, -0.25) is 9.59 Å². The van der Waals surface area contributed by atoms with E-state index in [2.05, 4.69) is 5.32 Å². The minimum absolute atomic E-state index is 0.0646. The molecule has 5 nitrogen and oxygen atoms in total. The predicted octanol–water partition coefficient (Wildman–Crippen LogP) is 0.134. The summed E-state index contributed by atoms with van der Waals surface area (Å²) in [6.45, 7) is 5.47. The molecule has 0 aromatic heterocycles. The van der Waals surface area contributed by atoms with E-state index in [1.807, 2.05) is 13.8 Å². The van der Waals surface area contributed by atoms with Gasteiger partial charge in [0, 0.05) is 26.1 Å². The van der Waals surface area contributed by atoms with E-state index in [9.17, 15) is 9.59 Å². The van der Waals surface area contributed by atoms with Crippen LogP contribution in [0.3, 0.4) is 0 Å². The van der Waals surface area contributed by atoms with Gasteiger partial charge in [-0.2, -0.15) is 0 Å². The lowest BCUT2D eigenvalue weighted by molar-refractivity contribution is -0.133. The summed E-state index contributed by atoms with van der Waals surface area (Å²) in [7, 11) is 0. The third-order valence-electron chi connectivity index (χ3n) is 3.06. The molecule has 1 aliphatic rings. The predicted molar refractivity (Wildman–Crippen MR) is 64.3 cm³/mol. The van der Waals surface area contributed by atoms with Crippen molar-refractivity contribution in [3.63, 3.8) is 0 Å². The fourth-order valence-corrected chi connectivity index (χ4v) is 1.83. The molecule has 0 bridgehead atoms. The zero-order chi connectivity index (χ0) is 12.9. The smallest absolute Gasteiger partial charge is 0.239 e. The maximum atomic E-state index is 11.6. The maximum Gasteiger partial charge on any atom is 0.239 e. The van der Waals surface area contributed by atoms with E-state index >= 15 is 0 Å². The first kappa shape index (κ1) is 14.0. The van der Waals surface area contributed by atoms with Crippen LogP contribution in [0.15, 0.2) is 0 Å². The van der Waals surface area contributed by atoms with Gasteiger partial charge in [-0.05, 0) is 18.3 Å². The van der Waals surface area contributed by atoms with Crippen molar-refractivity contribution < 1.29 is 14.7 Å². The summed E-state index contributed by atoms with van der Waals surface area (Å²) in [5.74, 6) is -0.0546. The van der Waals surface area contributed by atoms with Gasteiger partial charge in [0.1, 0.15) is 0 Å². The monoisotopic (exact) mass is 242 g/mol. The van der Waals surface area contributed by atoms with Crippen LogP contribution >= 0.6 is 0 Å². The van der Waals surface area contributed by atoms with E-state index in [0.29, 0.717) is 25.9 Å². The zero-order valence-electron chi connectivity index (χ0n) is 10.7. The highest BCUT2D eigenvalue weighted by atomic mass is 16.3. The first-order valence-corrected chi connectivity index (χ1v) is 6.10. The van der Waals surface area contributed by atoms with E-state index in [1.165, 1.54) is 0 Å². The number of nitrogens with one attached hydrogen (secondary N) is 1. The molecule has 1 heterocycles. The number of amides is 2. The van der Waals surface area contributed by atoms with E-state index in [1.54, 1.807) is 4.90 Å². The average molecular weight is 242 g/mol. The second-order valence-electron chi connectivity index (χ2n) is 5.33. The fraction of sp³-hybridized carbons (Fsp3) is 0.833. The Kier molecular flexibility index (Phi) is 4.93. The van der Waals surface area contributed by atoms with Crippen molar-refractivity contribution in [3.8, 4) is 0 Å². The number of rotatable bonds is 6. The highest BCUT2D eigenvalue weighted by Crippen LogP contribution is 2.17. The normalized spacial score (nSPS) is 16.4. The number of carbonyl (C=O) groups excluding carboxylic acids is 2. The molecule has 0 saturated carbocycles. The second kappa shape index (κ2) is 6.00. The highest BCUT2D eigenvalue weighted by molar-refractivity contribution is 5.85. The van der Waals surface area contributed by atoms with Crippen LogP contribution in [0.2, 0.25) is 0 Å². The van der Waals surface area contributed by atoms with Crippen molar-refractivity contribution in [1.82, 2.24) is 10.2 Å². The first-order valence-electron chi connectivity index (χ1n) is 6.10. The number of likely N-dealkylation sites (tertiary alicyclic amines) is 1. The van der Waals surface area contributed by atoms with Gasteiger partial charge in [-0.1, -0.05) is 13.8 Å². The standard InChI is InChI=1S/C12H22N2O3/c1-12(2,5-7-15)9-13-10(16)8-14-6-3-4-11(14)17/h15H,3-9H2,1-2H3,(H,13,16). The summed E-state index contributed by atoms with van der Waals surface area (Å²) in [5.41, 5.74) is -0.112. The Morgan fingerprint density at radius 3 is 2.76 bits per heavy atom. The summed E-state index contributed by atoms with van der Waals surface area (Å²) in [5, 5.41) is 11.7. The molecule has 0 aromatic rings. The van der Waals surface area contributed by atoms with Crippen molar-refractivity contribution in [3.05, 3.63) is 0 Å². The topological polar surface area (TPSA) is 69.6 Å². The van der Waals surface area contributed by atoms with E-state index in [4.69, 9.17) is 5.11 Å². The molecular formula is C12H22N2O3. The quantitative estimate of drug-likeness (QED) is 0.696. The Morgan fingerprint density at radius 1 is 1.53 bits per heavy atom. The van der Waals surface area contributed by atoms with Gasteiger partial charge in [-0.15, -0.1) is 0 Å². The lowest BCUT2D eigenvalue weighted by Gasteiger charge is -2.24. The molecule has 0 atom stereocenters. The Labute approximate surface area is 102 Å². The van der Waals surface area contributed by atoms with Crippen LogP contribution in [0, 0.1) is 5.41 Å². The summed E-state index contributed by atoms with van der Waals surface area (Å²) < 4.78 is 0. The lowest BCUT2D eigenvalue weighted by Crippen LogP contribution is -2.41. The molecule has 1 rings (SSSR count). The molecule has 5 heteroatoms. The van der Waals surface area contributed by atoms with Gasteiger partial charge in [0.15, 0.2) is 0 Å². The van der Waals surface area contributed by atoms with Gasteiger partial charge in [0.25, 0.3) is 0 Å². The number of aliphatic hydroxyl groups excluding tert-OH is 1. The lowest BCUT2D eigenvalue weighted by atomic mass is 9.90. The maximum absolute atomic E-state index is 11.6. The summed E-state index contributed by atoms with van der Waals surface area (Å²) in [4.78, 5) is 24.5. The van der Waals surface area contributed by atoms with Gasteiger partial charge < -0.3 is 15.3 Å². The Bertz CT molecular complexity index is 289. The third-order valence-corrected chi connectivity index (χ3v) is 3.06. The number of carbonyl (C=O) groups is 2. The molecule has 0 aromatic carbocycles. The minimum Gasteiger partial charge on any atom is -0.396 e. The van der Waals surface area contributed by atoms with Gasteiger partial charge in [-0.25, -0.2) is 0 Å². The van der Waals surface area contributed by atoms with Crippen LogP contribution in [0.1, 0.15) is 33.1 Å². The molecule has 0 unspecified atom stereocenters. The van der Waals surface area contributed by atoms with Crippen LogP contribution in [0.5, 0.6) is 0 Å². The van der Waals surface area contributed by atoms with Crippen molar-refractivity contribution >= 4 is 11.8 Å². The molecule has 0 spiro atoms. The molecule has 0 radical (unpaired) electrons. The first-order chi connectivity index (χ1) is 7.94. The summed E-state index contributed by atoms with van der Waals surface area (Å²) >= 11 is 0. The van der Waals surface area contributed by atoms with Gasteiger partial charge in [0.05, 0.1) is 6.54 Å². The highest BCUT2D eigenvalue weighted by Gasteiger charge is 2.23. The Hall–Kier alpha value is -1.10.